The number of hydrogen-bond acceptors (Lipinski definition) is 5. The average Bonchev–Trinajstić information content (AvgIpc) is 2.97. The van der Waals surface area contributed by atoms with Gasteiger partial charge in [-0.15, -0.1) is 0 Å². The number of nitrogens with zero attached hydrogens (tertiary/aromatic N) is 2. The molecule has 1 saturated heterocycles. The molecule has 3 rings (SSSR count). The molecule has 1 aliphatic heterocycles. The predicted molar refractivity (Wildman–Crippen MR) is 109 cm³/mol. The van der Waals surface area contributed by atoms with Crippen LogP contribution in [-0.4, -0.2) is 49.8 Å². The highest BCUT2D eigenvalue weighted by Gasteiger charge is 2.45. The maximum absolute atomic E-state index is 13.1. The third-order valence-electron chi connectivity index (χ3n) is 4.96. The molecule has 1 aliphatic rings. The number of hydrogen-bond donors (Lipinski definition) is 0. The molecule has 1 fully saturated rings. The summed E-state index contributed by atoms with van der Waals surface area (Å²) in [5.41, 5.74) is 1.90. The van der Waals surface area contributed by atoms with Crippen LogP contribution in [0.3, 0.4) is 0 Å². The van der Waals surface area contributed by atoms with E-state index in [0.29, 0.717) is 11.3 Å². The fourth-order valence-corrected chi connectivity index (χ4v) is 4.65. The largest absolute Gasteiger partial charge is 0.297 e. The Labute approximate surface area is 170 Å². The minimum atomic E-state index is -3.81. The van der Waals surface area contributed by atoms with Gasteiger partial charge in [0.2, 0.25) is 15.8 Å². The number of aryl methyl sites for hydroxylation is 1. The Balaban J connectivity index is 1.90. The highest BCUT2D eigenvalue weighted by atomic mass is 32.2. The minimum Gasteiger partial charge on any atom is -0.288 e. The Morgan fingerprint density at radius 3 is 2.21 bits per heavy atom. The van der Waals surface area contributed by atoms with Gasteiger partial charge in [0.05, 0.1) is 17.9 Å². The summed E-state index contributed by atoms with van der Waals surface area (Å²) in [5.74, 6) is -3.05. The molecular weight excluding hydrogens is 392 g/mol. The van der Waals surface area contributed by atoms with Crippen LogP contribution < -0.4 is 4.31 Å². The van der Waals surface area contributed by atoms with Crippen LogP contribution >= 0.6 is 0 Å². The summed E-state index contributed by atoms with van der Waals surface area (Å²) in [4.78, 5) is 38.8. The van der Waals surface area contributed by atoms with Crippen LogP contribution in [0.1, 0.15) is 24.0 Å². The van der Waals surface area contributed by atoms with E-state index in [4.69, 9.17) is 0 Å². The van der Waals surface area contributed by atoms with Gasteiger partial charge in [0.15, 0.2) is 0 Å². The molecular formula is C21H22N2O5S. The molecule has 2 aromatic carbocycles. The molecule has 2 aromatic rings. The van der Waals surface area contributed by atoms with E-state index in [1.54, 1.807) is 54.6 Å². The van der Waals surface area contributed by atoms with Gasteiger partial charge in [-0.1, -0.05) is 48.0 Å². The van der Waals surface area contributed by atoms with Crippen molar-refractivity contribution in [3.8, 4) is 0 Å². The molecule has 0 aliphatic carbocycles. The van der Waals surface area contributed by atoms with Crippen molar-refractivity contribution in [1.82, 2.24) is 4.90 Å². The molecule has 0 N–H and O–H groups in total. The number of carbonyl (C=O) groups is 3. The standard InChI is InChI=1S/C21H22N2O5S/c1-14-9-11-17(12-10-14)23(29(3,27)28)15(2)20(25)22-13-18(19(24)21(22)26)16-7-5-4-6-8-16/h4-12,15,18H,13H2,1-3H3/t15-,18-/m0/s1. The van der Waals surface area contributed by atoms with E-state index in [0.717, 1.165) is 21.0 Å². The Bertz CT molecular complexity index is 1050. The summed E-state index contributed by atoms with van der Waals surface area (Å²) in [6.07, 6.45) is 1.00. The number of sulfonamides is 1. The molecule has 0 radical (unpaired) electrons. The first-order valence-electron chi connectivity index (χ1n) is 9.12. The summed E-state index contributed by atoms with van der Waals surface area (Å²) in [6.45, 7) is 3.18. The van der Waals surface area contributed by atoms with Gasteiger partial charge in [-0.3, -0.25) is 23.6 Å². The van der Waals surface area contributed by atoms with Crippen LogP contribution in [0.25, 0.3) is 0 Å². The highest BCUT2D eigenvalue weighted by Crippen LogP contribution is 2.28. The fraction of sp³-hybridized carbons (Fsp3) is 0.286. The third kappa shape index (κ3) is 4.07. The molecule has 2 atom stereocenters. The second-order valence-corrected chi connectivity index (χ2v) is 9.01. The summed E-state index contributed by atoms with van der Waals surface area (Å²) >= 11 is 0. The number of benzene rings is 2. The van der Waals surface area contributed by atoms with E-state index >= 15 is 0 Å². The first-order valence-corrected chi connectivity index (χ1v) is 11.0. The topological polar surface area (TPSA) is 91.8 Å². The lowest BCUT2D eigenvalue weighted by Gasteiger charge is -2.30. The maximum Gasteiger partial charge on any atom is 0.297 e. The number of imide groups is 1. The molecule has 0 spiro atoms. The lowest BCUT2D eigenvalue weighted by Crippen LogP contribution is -2.50. The quantitative estimate of drug-likeness (QED) is 0.697. The van der Waals surface area contributed by atoms with Crippen LogP contribution in [0.4, 0.5) is 5.69 Å². The van der Waals surface area contributed by atoms with Crippen molar-refractivity contribution in [3.05, 3.63) is 65.7 Å². The van der Waals surface area contributed by atoms with Gasteiger partial charge in [0, 0.05) is 6.54 Å². The minimum absolute atomic E-state index is 0.101. The molecule has 29 heavy (non-hydrogen) atoms. The van der Waals surface area contributed by atoms with E-state index < -0.39 is 39.6 Å². The highest BCUT2D eigenvalue weighted by molar-refractivity contribution is 7.92. The van der Waals surface area contributed by atoms with E-state index in [9.17, 15) is 22.8 Å². The number of likely N-dealkylation sites (tertiary alicyclic amines) is 1. The van der Waals surface area contributed by atoms with Gasteiger partial charge in [-0.25, -0.2) is 8.42 Å². The average molecular weight is 414 g/mol. The van der Waals surface area contributed by atoms with Crippen LogP contribution in [0.15, 0.2) is 54.6 Å². The van der Waals surface area contributed by atoms with Crippen molar-refractivity contribution in [2.45, 2.75) is 25.8 Å². The Morgan fingerprint density at radius 2 is 1.66 bits per heavy atom. The lowest BCUT2D eigenvalue weighted by molar-refractivity contribution is -0.147. The smallest absolute Gasteiger partial charge is 0.288 e. The first kappa shape index (κ1) is 20.7. The zero-order valence-corrected chi connectivity index (χ0v) is 17.2. The van der Waals surface area contributed by atoms with Crippen LogP contribution in [0, 0.1) is 6.92 Å². The fourth-order valence-electron chi connectivity index (χ4n) is 3.48. The molecule has 0 saturated carbocycles. The number of rotatable bonds is 5. The number of Topliss-reactive ketones (excluding diaryl/α,β-unsaturated/α-hetero) is 1. The van der Waals surface area contributed by atoms with Gasteiger partial charge in [0.25, 0.3) is 11.8 Å². The second kappa shape index (κ2) is 7.79. The summed E-state index contributed by atoms with van der Waals surface area (Å²) in [5, 5.41) is 0. The molecule has 0 bridgehead atoms. The van der Waals surface area contributed by atoms with Crippen molar-refractivity contribution in [3.63, 3.8) is 0 Å². The SMILES string of the molecule is Cc1ccc(N([C@@H](C)C(=O)N2C[C@@H](c3ccccc3)C(=O)C2=O)S(C)(=O)=O)cc1. The van der Waals surface area contributed by atoms with E-state index in [1.807, 2.05) is 6.92 Å². The van der Waals surface area contributed by atoms with Gasteiger partial charge in [-0.05, 0) is 31.5 Å². The summed E-state index contributed by atoms with van der Waals surface area (Å²) < 4.78 is 25.8. The summed E-state index contributed by atoms with van der Waals surface area (Å²) in [6, 6.07) is 14.2. The predicted octanol–water partition coefficient (Wildman–Crippen LogP) is 1.87. The third-order valence-corrected chi connectivity index (χ3v) is 6.20. The Kier molecular flexibility index (Phi) is 5.57. The Morgan fingerprint density at radius 1 is 1.07 bits per heavy atom. The molecule has 1 heterocycles. The number of amides is 2. The van der Waals surface area contributed by atoms with Gasteiger partial charge in [0.1, 0.15) is 6.04 Å². The number of carbonyl (C=O) groups excluding carboxylic acids is 3. The molecule has 0 aromatic heterocycles. The van der Waals surface area contributed by atoms with Crippen molar-refractivity contribution in [1.29, 1.82) is 0 Å². The number of ketones is 1. The normalized spacial score (nSPS) is 18.0. The van der Waals surface area contributed by atoms with Gasteiger partial charge < -0.3 is 0 Å². The second-order valence-electron chi connectivity index (χ2n) is 7.15. The van der Waals surface area contributed by atoms with E-state index in [1.165, 1.54) is 6.92 Å². The van der Waals surface area contributed by atoms with Crippen molar-refractivity contribution in [2.24, 2.45) is 0 Å². The van der Waals surface area contributed by atoms with E-state index in [2.05, 4.69) is 0 Å². The van der Waals surface area contributed by atoms with Crippen molar-refractivity contribution >= 4 is 33.3 Å². The zero-order valence-electron chi connectivity index (χ0n) is 16.4. The molecule has 2 amide bonds. The number of anilines is 1. The molecule has 8 heteroatoms. The molecule has 152 valence electrons. The molecule has 0 unspecified atom stereocenters. The lowest BCUT2D eigenvalue weighted by atomic mass is 9.97. The first-order chi connectivity index (χ1) is 13.6. The summed E-state index contributed by atoms with van der Waals surface area (Å²) in [7, 11) is -3.81. The van der Waals surface area contributed by atoms with Gasteiger partial charge >= 0.3 is 0 Å². The van der Waals surface area contributed by atoms with Crippen molar-refractivity contribution in [2.75, 3.05) is 17.1 Å². The van der Waals surface area contributed by atoms with E-state index in [-0.39, 0.29) is 6.54 Å². The van der Waals surface area contributed by atoms with Crippen molar-refractivity contribution < 1.29 is 22.8 Å². The zero-order chi connectivity index (χ0) is 21.3. The molecule has 7 nitrogen and oxygen atoms in total. The monoisotopic (exact) mass is 414 g/mol. The Hall–Kier alpha value is -3.00. The van der Waals surface area contributed by atoms with Crippen LogP contribution in [-0.2, 0) is 24.4 Å². The van der Waals surface area contributed by atoms with Crippen LogP contribution in [0.2, 0.25) is 0 Å². The maximum atomic E-state index is 13.1. The van der Waals surface area contributed by atoms with Crippen LogP contribution in [0.5, 0.6) is 0 Å². The van der Waals surface area contributed by atoms with Gasteiger partial charge in [-0.2, -0.15) is 0 Å².